The van der Waals surface area contributed by atoms with Gasteiger partial charge >= 0.3 is 6.61 Å². The van der Waals surface area contributed by atoms with E-state index in [1.54, 1.807) is 35.6 Å². The fourth-order valence-corrected chi connectivity index (χ4v) is 4.27. The Kier molecular flexibility index (Phi) is 6.04. The van der Waals surface area contributed by atoms with Gasteiger partial charge in [0.05, 0.1) is 5.69 Å². The number of aromatic nitrogens is 2. The zero-order valence-electron chi connectivity index (χ0n) is 17.5. The summed E-state index contributed by atoms with van der Waals surface area (Å²) in [4.78, 5) is 4.76. The van der Waals surface area contributed by atoms with E-state index in [1.807, 2.05) is 19.2 Å². The summed E-state index contributed by atoms with van der Waals surface area (Å²) in [6.45, 7) is 4.02. The molecule has 0 amide bonds. The molecule has 4 aromatic rings. The molecule has 0 saturated heterocycles. The van der Waals surface area contributed by atoms with E-state index in [1.165, 1.54) is 11.1 Å². The van der Waals surface area contributed by atoms with Crippen LogP contribution in [0.3, 0.4) is 0 Å². The summed E-state index contributed by atoms with van der Waals surface area (Å²) >= 11 is 1.57. The number of benzene rings is 2. The van der Waals surface area contributed by atoms with Gasteiger partial charge in [0.1, 0.15) is 5.75 Å². The largest absolute Gasteiger partial charge is 0.435 e. The number of thiazole rings is 1. The number of aryl methyl sites for hydroxylation is 2. The minimum Gasteiger partial charge on any atom is -0.435 e. The minimum atomic E-state index is -2.83. The molecule has 0 spiro atoms. The first-order chi connectivity index (χ1) is 14.9. The molecule has 4 nitrogen and oxygen atoms in total. The summed E-state index contributed by atoms with van der Waals surface area (Å²) in [5, 5.41) is 6.30. The molecule has 0 unspecified atom stereocenters. The molecule has 0 saturated carbocycles. The predicted octanol–water partition coefficient (Wildman–Crippen LogP) is 6.74. The van der Waals surface area contributed by atoms with Crippen LogP contribution in [0.25, 0.3) is 16.9 Å². The van der Waals surface area contributed by atoms with Crippen molar-refractivity contribution in [1.82, 2.24) is 9.55 Å². The van der Waals surface area contributed by atoms with E-state index < -0.39 is 6.61 Å². The molecule has 0 aliphatic rings. The van der Waals surface area contributed by atoms with Crippen LogP contribution < -0.4 is 10.1 Å². The molecule has 0 fully saturated rings. The lowest BCUT2D eigenvalue weighted by Crippen LogP contribution is -2.03. The van der Waals surface area contributed by atoms with Gasteiger partial charge in [0, 0.05) is 34.6 Å². The summed E-state index contributed by atoms with van der Waals surface area (Å²) in [6, 6.07) is 17.2. The van der Waals surface area contributed by atoms with E-state index in [4.69, 9.17) is 4.98 Å². The molecule has 2 heterocycles. The van der Waals surface area contributed by atoms with Crippen LogP contribution in [0.2, 0.25) is 0 Å². The molecule has 4 rings (SSSR count). The zero-order chi connectivity index (χ0) is 22.0. The molecule has 0 bridgehead atoms. The van der Waals surface area contributed by atoms with Gasteiger partial charge in [-0.25, -0.2) is 4.98 Å². The normalized spacial score (nSPS) is 11.2. The summed E-state index contributed by atoms with van der Waals surface area (Å²) < 4.78 is 31.3. The number of rotatable bonds is 7. The van der Waals surface area contributed by atoms with Gasteiger partial charge < -0.3 is 14.6 Å². The molecule has 0 radical (unpaired) electrons. The highest BCUT2D eigenvalue weighted by molar-refractivity contribution is 7.14. The van der Waals surface area contributed by atoms with Gasteiger partial charge in [-0.15, -0.1) is 11.3 Å². The van der Waals surface area contributed by atoms with Crippen molar-refractivity contribution in [3.05, 3.63) is 82.5 Å². The number of anilines is 1. The molecule has 160 valence electrons. The van der Waals surface area contributed by atoms with Gasteiger partial charge in [-0.3, -0.25) is 0 Å². The molecule has 1 N–H and O–H groups in total. The zero-order valence-corrected chi connectivity index (χ0v) is 18.3. The van der Waals surface area contributed by atoms with Crippen molar-refractivity contribution in [2.75, 3.05) is 5.32 Å². The highest BCUT2D eigenvalue weighted by Crippen LogP contribution is 2.32. The number of nitrogens with zero attached hydrogens (tertiary/aromatic N) is 2. The van der Waals surface area contributed by atoms with Gasteiger partial charge in [0.15, 0.2) is 5.13 Å². The molecule has 0 aliphatic carbocycles. The first-order valence-electron chi connectivity index (χ1n) is 9.90. The van der Waals surface area contributed by atoms with Crippen LogP contribution >= 0.6 is 11.3 Å². The predicted molar refractivity (Wildman–Crippen MR) is 121 cm³/mol. The number of nitrogens with one attached hydrogen (secondary N) is 1. The van der Waals surface area contributed by atoms with Crippen molar-refractivity contribution in [2.24, 2.45) is 0 Å². The van der Waals surface area contributed by atoms with Crippen molar-refractivity contribution in [3.8, 4) is 22.7 Å². The highest BCUT2D eigenvalue weighted by Gasteiger charge is 2.15. The van der Waals surface area contributed by atoms with Crippen molar-refractivity contribution in [1.29, 1.82) is 0 Å². The lowest BCUT2D eigenvalue weighted by atomic mass is 10.1. The maximum atomic E-state index is 12.4. The summed E-state index contributed by atoms with van der Waals surface area (Å²) in [5.74, 6) is 0.144. The second-order valence-corrected chi connectivity index (χ2v) is 8.23. The third-order valence-corrected chi connectivity index (χ3v) is 5.90. The van der Waals surface area contributed by atoms with Gasteiger partial charge in [0.2, 0.25) is 0 Å². The van der Waals surface area contributed by atoms with Gasteiger partial charge in [-0.2, -0.15) is 8.78 Å². The van der Waals surface area contributed by atoms with E-state index in [0.717, 1.165) is 40.0 Å². The van der Waals surface area contributed by atoms with Crippen molar-refractivity contribution < 1.29 is 13.5 Å². The standard InChI is InChI=1S/C24H23F2N3OS/c1-15-4-6-18(7-5-15)13-27-24-28-22(14-31-24)21-12-16(2)29(17(21)3)19-8-10-20(11-9-19)30-23(25)26/h4-12,14,23H,13H2,1-3H3,(H,27,28). The first kappa shape index (κ1) is 21.1. The number of ether oxygens (including phenoxy) is 1. The van der Waals surface area contributed by atoms with Crippen LogP contribution in [-0.4, -0.2) is 16.2 Å². The Hall–Kier alpha value is -3.19. The third-order valence-electron chi connectivity index (χ3n) is 5.10. The number of hydrogen-bond donors (Lipinski definition) is 1. The van der Waals surface area contributed by atoms with Crippen LogP contribution in [0.15, 0.2) is 60.0 Å². The van der Waals surface area contributed by atoms with E-state index in [0.29, 0.717) is 0 Å². The summed E-state index contributed by atoms with van der Waals surface area (Å²) in [6.07, 6.45) is 0. The Balaban J connectivity index is 1.52. The maximum Gasteiger partial charge on any atom is 0.387 e. The van der Waals surface area contributed by atoms with Crippen molar-refractivity contribution >= 4 is 16.5 Å². The fourth-order valence-electron chi connectivity index (χ4n) is 3.56. The lowest BCUT2D eigenvalue weighted by molar-refractivity contribution is -0.0498. The SMILES string of the molecule is Cc1ccc(CNc2nc(-c3cc(C)n(-c4ccc(OC(F)F)cc4)c3C)cs2)cc1. The van der Waals surface area contributed by atoms with E-state index >= 15 is 0 Å². The number of halogens is 2. The van der Waals surface area contributed by atoms with Crippen molar-refractivity contribution in [2.45, 2.75) is 33.9 Å². The average molecular weight is 440 g/mol. The van der Waals surface area contributed by atoms with Crippen LogP contribution in [0.4, 0.5) is 13.9 Å². The summed E-state index contributed by atoms with van der Waals surface area (Å²) in [7, 11) is 0. The minimum absolute atomic E-state index is 0.144. The quantitative estimate of drug-likeness (QED) is 0.347. The van der Waals surface area contributed by atoms with Crippen LogP contribution in [0, 0.1) is 20.8 Å². The van der Waals surface area contributed by atoms with Crippen molar-refractivity contribution in [3.63, 3.8) is 0 Å². The molecule has 0 atom stereocenters. The molecule has 2 aromatic carbocycles. The molecule has 2 aromatic heterocycles. The van der Waals surface area contributed by atoms with Crippen LogP contribution in [-0.2, 0) is 6.54 Å². The smallest absolute Gasteiger partial charge is 0.387 e. The Bertz CT molecular complexity index is 1160. The third kappa shape index (κ3) is 4.77. The fraction of sp³-hybridized carbons (Fsp3) is 0.208. The van der Waals surface area contributed by atoms with E-state index in [-0.39, 0.29) is 5.75 Å². The number of alkyl halides is 2. The Morgan fingerprint density at radius 1 is 1.03 bits per heavy atom. The monoisotopic (exact) mass is 439 g/mol. The summed E-state index contributed by atoms with van der Waals surface area (Å²) in [5.41, 5.74) is 7.37. The lowest BCUT2D eigenvalue weighted by Gasteiger charge is -2.11. The Morgan fingerprint density at radius 2 is 1.74 bits per heavy atom. The molecular weight excluding hydrogens is 416 g/mol. The second-order valence-electron chi connectivity index (χ2n) is 7.37. The Labute approximate surface area is 184 Å². The molecule has 0 aliphatic heterocycles. The van der Waals surface area contributed by atoms with Crippen LogP contribution in [0.5, 0.6) is 5.75 Å². The Morgan fingerprint density at radius 3 is 2.42 bits per heavy atom. The highest BCUT2D eigenvalue weighted by atomic mass is 32.1. The molecular formula is C24H23F2N3OS. The molecule has 7 heteroatoms. The van der Waals surface area contributed by atoms with E-state index in [2.05, 4.69) is 51.9 Å². The number of hydrogen-bond acceptors (Lipinski definition) is 4. The topological polar surface area (TPSA) is 39.1 Å². The average Bonchev–Trinajstić information content (AvgIpc) is 3.32. The van der Waals surface area contributed by atoms with Crippen LogP contribution in [0.1, 0.15) is 22.5 Å². The van der Waals surface area contributed by atoms with E-state index in [9.17, 15) is 8.78 Å². The molecule has 31 heavy (non-hydrogen) atoms. The second kappa shape index (κ2) is 8.89. The first-order valence-corrected chi connectivity index (χ1v) is 10.8. The van der Waals surface area contributed by atoms with Gasteiger partial charge in [-0.05, 0) is 56.7 Å². The van der Waals surface area contributed by atoms with Gasteiger partial charge in [-0.1, -0.05) is 29.8 Å². The maximum absolute atomic E-state index is 12.4. The van der Waals surface area contributed by atoms with Gasteiger partial charge in [0.25, 0.3) is 0 Å².